The number of ether oxygens (including phenoxy) is 1. The van der Waals surface area contributed by atoms with Gasteiger partial charge in [0.15, 0.2) is 0 Å². The number of aliphatic carboxylic acids is 1. The summed E-state index contributed by atoms with van der Waals surface area (Å²) in [6, 6.07) is 12.8. The summed E-state index contributed by atoms with van der Waals surface area (Å²) in [4.78, 5) is 15.0. The van der Waals surface area contributed by atoms with Crippen LogP contribution in [0.1, 0.15) is 28.7 Å². The number of carboxylic acid groups (broad SMARTS) is 1. The van der Waals surface area contributed by atoms with Gasteiger partial charge in [0, 0.05) is 18.1 Å². The number of alkyl halides is 3. The highest BCUT2D eigenvalue weighted by atomic mass is 19.4. The molecular formula is C23H19F4NO3. The lowest BCUT2D eigenvalue weighted by Gasteiger charge is -2.12. The third-order valence-electron chi connectivity index (χ3n) is 4.67. The van der Waals surface area contributed by atoms with Crippen LogP contribution in [0.5, 0.6) is 5.88 Å². The van der Waals surface area contributed by atoms with Crippen molar-refractivity contribution in [2.24, 2.45) is 0 Å². The van der Waals surface area contributed by atoms with Crippen LogP contribution in [0.4, 0.5) is 17.6 Å². The highest BCUT2D eigenvalue weighted by molar-refractivity contribution is 5.67. The Morgan fingerprint density at radius 2 is 1.87 bits per heavy atom. The molecule has 0 fully saturated rings. The predicted octanol–water partition coefficient (Wildman–Crippen LogP) is 5.81. The van der Waals surface area contributed by atoms with Gasteiger partial charge in [-0.1, -0.05) is 24.3 Å². The summed E-state index contributed by atoms with van der Waals surface area (Å²) in [5.74, 6) is -1.27. The molecule has 0 bridgehead atoms. The lowest BCUT2D eigenvalue weighted by Crippen LogP contribution is -2.05. The van der Waals surface area contributed by atoms with Gasteiger partial charge in [-0.15, -0.1) is 0 Å². The number of nitrogens with zero attached hydrogens (tertiary/aromatic N) is 1. The first-order chi connectivity index (χ1) is 14.6. The number of hydrogen-bond donors (Lipinski definition) is 1. The highest BCUT2D eigenvalue weighted by Crippen LogP contribution is 2.33. The van der Waals surface area contributed by atoms with E-state index in [1.807, 2.05) is 0 Å². The molecule has 0 unspecified atom stereocenters. The van der Waals surface area contributed by atoms with Gasteiger partial charge in [-0.2, -0.15) is 13.2 Å². The van der Waals surface area contributed by atoms with Gasteiger partial charge < -0.3 is 9.84 Å². The SMILES string of the molecule is Cc1cc(C(F)(F)F)ccc1-c1cccc(OCc2ccc(CCC(=O)O)c(F)c2)n1. The van der Waals surface area contributed by atoms with Crippen molar-refractivity contribution in [3.05, 3.63) is 82.7 Å². The molecule has 0 radical (unpaired) electrons. The molecule has 0 amide bonds. The molecule has 0 saturated heterocycles. The van der Waals surface area contributed by atoms with Gasteiger partial charge in [-0.05, 0) is 54.3 Å². The topological polar surface area (TPSA) is 59.4 Å². The standard InChI is InChI=1S/C23H19F4NO3/c1-14-11-17(23(25,26)27)8-9-18(14)20-3-2-4-21(28-20)31-13-15-5-6-16(19(24)12-15)7-10-22(29)30/h2-6,8-9,11-12H,7,10,13H2,1H3,(H,29,30). The Hall–Kier alpha value is -3.42. The minimum Gasteiger partial charge on any atom is -0.481 e. The lowest BCUT2D eigenvalue weighted by atomic mass is 10.0. The summed E-state index contributed by atoms with van der Waals surface area (Å²) in [6.45, 7) is 1.60. The summed E-state index contributed by atoms with van der Waals surface area (Å²) < 4.78 is 58.4. The third kappa shape index (κ3) is 5.81. The van der Waals surface area contributed by atoms with Crippen LogP contribution < -0.4 is 4.74 Å². The Kier molecular flexibility index (Phi) is 6.58. The first-order valence-corrected chi connectivity index (χ1v) is 9.40. The molecule has 3 aromatic rings. The Labute approximate surface area is 176 Å². The predicted molar refractivity (Wildman–Crippen MR) is 106 cm³/mol. The van der Waals surface area contributed by atoms with E-state index in [2.05, 4.69) is 4.98 Å². The van der Waals surface area contributed by atoms with Gasteiger partial charge in [0.25, 0.3) is 0 Å². The molecule has 8 heteroatoms. The fourth-order valence-electron chi connectivity index (χ4n) is 3.05. The summed E-state index contributed by atoms with van der Waals surface area (Å²) in [5, 5.41) is 8.70. The van der Waals surface area contributed by atoms with Crippen molar-refractivity contribution in [2.45, 2.75) is 32.5 Å². The van der Waals surface area contributed by atoms with E-state index < -0.39 is 23.5 Å². The molecule has 162 valence electrons. The number of carbonyl (C=O) groups is 1. The average molecular weight is 433 g/mol. The van der Waals surface area contributed by atoms with Gasteiger partial charge >= 0.3 is 12.1 Å². The Bertz CT molecular complexity index is 1100. The first-order valence-electron chi connectivity index (χ1n) is 9.40. The van der Waals surface area contributed by atoms with Crippen molar-refractivity contribution in [1.82, 2.24) is 4.98 Å². The molecular weight excluding hydrogens is 414 g/mol. The maximum absolute atomic E-state index is 14.1. The van der Waals surface area contributed by atoms with Crippen molar-refractivity contribution in [1.29, 1.82) is 0 Å². The van der Waals surface area contributed by atoms with Crippen LogP contribution in [0.25, 0.3) is 11.3 Å². The highest BCUT2D eigenvalue weighted by Gasteiger charge is 2.30. The average Bonchev–Trinajstić information content (AvgIpc) is 2.71. The second-order valence-corrected chi connectivity index (χ2v) is 7.00. The van der Waals surface area contributed by atoms with E-state index in [0.717, 1.165) is 12.1 Å². The summed E-state index contributed by atoms with van der Waals surface area (Å²) in [6.07, 6.45) is -4.48. The Morgan fingerprint density at radius 3 is 2.52 bits per heavy atom. The summed E-state index contributed by atoms with van der Waals surface area (Å²) in [7, 11) is 0. The van der Waals surface area contributed by atoms with E-state index in [0.29, 0.717) is 27.9 Å². The van der Waals surface area contributed by atoms with Crippen molar-refractivity contribution >= 4 is 5.97 Å². The van der Waals surface area contributed by atoms with Gasteiger partial charge in [0.2, 0.25) is 5.88 Å². The van der Waals surface area contributed by atoms with E-state index in [4.69, 9.17) is 9.84 Å². The smallest absolute Gasteiger partial charge is 0.416 e. The normalized spacial score (nSPS) is 11.4. The molecule has 31 heavy (non-hydrogen) atoms. The number of pyridine rings is 1. The molecule has 2 aromatic carbocycles. The number of aryl methyl sites for hydroxylation is 2. The number of carboxylic acids is 1. The molecule has 0 atom stereocenters. The quantitative estimate of drug-likeness (QED) is 0.478. The van der Waals surface area contributed by atoms with E-state index in [9.17, 15) is 22.4 Å². The molecule has 3 rings (SSSR count). The number of rotatable bonds is 7. The number of halogens is 4. The van der Waals surface area contributed by atoms with Gasteiger partial charge in [0.1, 0.15) is 12.4 Å². The molecule has 1 N–H and O–H groups in total. The number of hydrogen-bond acceptors (Lipinski definition) is 3. The second-order valence-electron chi connectivity index (χ2n) is 7.00. The largest absolute Gasteiger partial charge is 0.481 e. The van der Waals surface area contributed by atoms with E-state index in [1.165, 1.54) is 18.2 Å². The summed E-state index contributed by atoms with van der Waals surface area (Å²) in [5.41, 5.74) is 1.55. The maximum Gasteiger partial charge on any atom is 0.416 e. The fourth-order valence-corrected chi connectivity index (χ4v) is 3.05. The minimum absolute atomic E-state index is 0.0264. The number of benzene rings is 2. The molecule has 0 spiro atoms. The third-order valence-corrected chi connectivity index (χ3v) is 4.67. The van der Waals surface area contributed by atoms with Crippen molar-refractivity contribution in [3.63, 3.8) is 0 Å². The van der Waals surface area contributed by atoms with E-state index in [1.54, 1.807) is 31.2 Å². The zero-order chi connectivity index (χ0) is 22.6. The lowest BCUT2D eigenvalue weighted by molar-refractivity contribution is -0.138. The Morgan fingerprint density at radius 1 is 1.10 bits per heavy atom. The van der Waals surface area contributed by atoms with Crippen LogP contribution >= 0.6 is 0 Å². The monoisotopic (exact) mass is 433 g/mol. The zero-order valence-electron chi connectivity index (χ0n) is 16.5. The zero-order valence-corrected chi connectivity index (χ0v) is 16.5. The Balaban J connectivity index is 1.72. The first kappa shape index (κ1) is 22.3. The van der Waals surface area contributed by atoms with Crippen LogP contribution in [0.15, 0.2) is 54.6 Å². The molecule has 0 aliphatic heterocycles. The van der Waals surface area contributed by atoms with Crippen LogP contribution in [0.3, 0.4) is 0 Å². The van der Waals surface area contributed by atoms with Crippen molar-refractivity contribution < 1.29 is 32.2 Å². The van der Waals surface area contributed by atoms with Crippen LogP contribution in [-0.4, -0.2) is 16.1 Å². The van der Waals surface area contributed by atoms with Crippen LogP contribution in [0.2, 0.25) is 0 Å². The van der Waals surface area contributed by atoms with Crippen molar-refractivity contribution in [2.75, 3.05) is 0 Å². The van der Waals surface area contributed by atoms with E-state index >= 15 is 0 Å². The molecule has 1 heterocycles. The van der Waals surface area contributed by atoms with Crippen LogP contribution in [0, 0.1) is 12.7 Å². The molecule has 4 nitrogen and oxygen atoms in total. The molecule has 0 saturated carbocycles. The van der Waals surface area contributed by atoms with Gasteiger partial charge in [-0.3, -0.25) is 4.79 Å². The molecule has 0 aliphatic carbocycles. The van der Waals surface area contributed by atoms with E-state index in [-0.39, 0.29) is 25.3 Å². The molecule has 0 aliphatic rings. The number of aromatic nitrogens is 1. The minimum atomic E-state index is -4.42. The fraction of sp³-hybridized carbons (Fsp3) is 0.217. The maximum atomic E-state index is 14.1. The second kappa shape index (κ2) is 9.16. The summed E-state index contributed by atoms with van der Waals surface area (Å²) >= 11 is 0. The molecule has 1 aromatic heterocycles. The van der Waals surface area contributed by atoms with Gasteiger partial charge in [-0.25, -0.2) is 9.37 Å². The van der Waals surface area contributed by atoms with Crippen LogP contribution in [-0.2, 0) is 24.0 Å². The van der Waals surface area contributed by atoms with Gasteiger partial charge in [0.05, 0.1) is 11.3 Å². The van der Waals surface area contributed by atoms with Crippen molar-refractivity contribution in [3.8, 4) is 17.1 Å².